The first-order chi connectivity index (χ1) is 9.89. The summed E-state index contributed by atoms with van der Waals surface area (Å²) in [4.78, 5) is 2.50. The standard InChI is InChI=1S/C15H23BrN2O2S/c1-18(2)15(9-3-4-10-15)12-17-21(19,20)14-7-5-13(11-16)6-8-14/h5-8,17H,3-4,9-12H2,1-2H3. The fourth-order valence-electron chi connectivity index (χ4n) is 2.89. The van der Waals surface area contributed by atoms with E-state index in [1.54, 1.807) is 12.1 Å². The molecule has 1 fully saturated rings. The van der Waals surface area contributed by atoms with E-state index in [1.165, 1.54) is 12.8 Å². The molecule has 6 heteroatoms. The zero-order chi connectivity index (χ0) is 15.5. The fourth-order valence-corrected chi connectivity index (χ4v) is 4.38. The van der Waals surface area contributed by atoms with Gasteiger partial charge < -0.3 is 4.90 Å². The van der Waals surface area contributed by atoms with Gasteiger partial charge in [-0.25, -0.2) is 13.1 Å². The molecular weight excluding hydrogens is 352 g/mol. The molecule has 1 aliphatic carbocycles. The first-order valence-corrected chi connectivity index (χ1v) is 9.82. The monoisotopic (exact) mass is 374 g/mol. The van der Waals surface area contributed by atoms with Crippen molar-refractivity contribution in [3.63, 3.8) is 0 Å². The number of alkyl halides is 1. The summed E-state index contributed by atoms with van der Waals surface area (Å²) in [5.41, 5.74) is 1.03. The average molecular weight is 375 g/mol. The molecule has 1 N–H and O–H groups in total. The molecule has 2 rings (SSSR count). The SMILES string of the molecule is CN(C)C1(CNS(=O)(=O)c2ccc(CBr)cc2)CCCC1. The Morgan fingerprint density at radius 1 is 1.19 bits per heavy atom. The summed E-state index contributed by atoms with van der Waals surface area (Å²) in [6.07, 6.45) is 4.43. The van der Waals surface area contributed by atoms with Crippen LogP contribution in [0.2, 0.25) is 0 Å². The third-order valence-electron chi connectivity index (χ3n) is 4.46. The van der Waals surface area contributed by atoms with Gasteiger partial charge in [-0.05, 0) is 44.6 Å². The number of sulfonamides is 1. The highest BCUT2D eigenvalue weighted by Gasteiger charge is 2.36. The lowest BCUT2D eigenvalue weighted by Crippen LogP contribution is -2.50. The molecule has 21 heavy (non-hydrogen) atoms. The molecule has 0 atom stereocenters. The number of nitrogens with zero attached hydrogens (tertiary/aromatic N) is 1. The van der Waals surface area contributed by atoms with Gasteiger partial charge in [0, 0.05) is 17.4 Å². The predicted molar refractivity (Wildman–Crippen MR) is 89.1 cm³/mol. The fraction of sp³-hybridized carbons (Fsp3) is 0.600. The molecule has 0 amide bonds. The van der Waals surface area contributed by atoms with Crippen molar-refractivity contribution >= 4 is 26.0 Å². The Bertz CT molecular complexity index is 564. The van der Waals surface area contributed by atoms with Gasteiger partial charge in [0.05, 0.1) is 4.90 Å². The molecule has 0 aliphatic heterocycles. The van der Waals surface area contributed by atoms with E-state index >= 15 is 0 Å². The van der Waals surface area contributed by atoms with Crippen LogP contribution in [0, 0.1) is 0 Å². The molecule has 1 saturated carbocycles. The molecule has 0 bridgehead atoms. The maximum Gasteiger partial charge on any atom is 0.240 e. The van der Waals surface area contributed by atoms with E-state index in [-0.39, 0.29) is 5.54 Å². The van der Waals surface area contributed by atoms with Crippen LogP contribution >= 0.6 is 15.9 Å². The molecule has 0 unspecified atom stereocenters. The van der Waals surface area contributed by atoms with E-state index in [9.17, 15) is 8.42 Å². The quantitative estimate of drug-likeness (QED) is 0.778. The van der Waals surface area contributed by atoms with E-state index in [0.29, 0.717) is 11.4 Å². The minimum atomic E-state index is -3.44. The number of likely N-dealkylation sites (N-methyl/N-ethyl adjacent to an activating group) is 1. The zero-order valence-corrected chi connectivity index (χ0v) is 15.0. The second kappa shape index (κ2) is 6.77. The average Bonchev–Trinajstić information content (AvgIpc) is 2.96. The van der Waals surface area contributed by atoms with Gasteiger partial charge in [0.15, 0.2) is 0 Å². The lowest BCUT2D eigenvalue weighted by Gasteiger charge is -2.36. The summed E-state index contributed by atoms with van der Waals surface area (Å²) in [5.74, 6) is 0. The maximum absolute atomic E-state index is 12.4. The van der Waals surface area contributed by atoms with Crippen LogP contribution in [0.4, 0.5) is 0 Å². The molecule has 0 heterocycles. The number of rotatable bonds is 6. The van der Waals surface area contributed by atoms with Crippen molar-refractivity contribution in [3.05, 3.63) is 29.8 Å². The lowest BCUT2D eigenvalue weighted by atomic mass is 9.97. The maximum atomic E-state index is 12.4. The normalized spacial score (nSPS) is 18.3. The van der Waals surface area contributed by atoms with Crippen molar-refractivity contribution in [2.24, 2.45) is 0 Å². The molecular formula is C15H23BrN2O2S. The first-order valence-electron chi connectivity index (χ1n) is 7.22. The van der Waals surface area contributed by atoms with E-state index < -0.39 is 10.0 Å². The number of hydrogen-bond acceptors (Lipinski definition) is 3. The molecule has 0 saturated heterocycles. The Kier molecular flexibility index (Phi) is 5.46. The van der Waals surface area contributed by atoms with Gasteiger partial charge in [0.2, 0.25) is 10.0 Å². The highest BCUT2D eigenvalue weighted by atomic mass is 79.9. The second-order valence-corrected chi connectivity index (χ2v) is 8.26. The van der Waals surface area contributed by atoms with Crippen molar-refractivity contribution in [2.75, 3.05) is 20.6 Å². The van der Waals surface area contributed by atoms with Crippen molar-refractivity contribution in [1.82, 2.24) is 9.62 Å². The highest BCUT2D eigenvalue weighted by Crippen LogP contribution is 2.33. The lowest BCUT2D eigenvalue weighted by molar-refractivity contribution is 0.162. The van der Waals surface area contributed by atoms with Gasteiger partial charge in [0.25, 0.3) is 0 Å². The third kappa shape index (κ3) is 3.86. The molecule has 0 radical (unpaired) electrons. The van der Waals surface area contributed by atoms with Crippen LogP contribution < -0.4 is 4.72 Å². The van der Waals surface area contributed by atoms with Crippen LogP contribution in [0.3, 0.4) is 0 Å². The topological polar surface area (TPSA) is 49.4 Å². The number of benzene rings is 1. The summed E-state index contributed by atoms with van der Waals surface area (Å²) in [7, 11) is 0.628. The van der Waals surface area contributed by atoms with Gasteiger partial charge in [-0.2, -0.15) is 0 Å². The van der Waals surface area contributed by atoms with Gasteiger partial charge in [0.1, 0.15) is 0 Å². The predicted octanol–water partition coefficient (Wildman–Crippen LogP) is 2.73. The Balaban J connectivity index is 2.10. The summed E-state index contributed by atoms with van der Waals surface area (Å²) in [6.45, 7) is 0.475. The molecule has 1 aromatic carbocycles. The van der Waals surface area contributed by atoms with E-state index in [2.05, 4.69) is 25.6 Å². The second-order valence-electron chi connectivity index (χ2n) is 5.93. The number of nitrogens with one attached hydrogen (secondary N) is 1. The third-order valence-corrected chi connectivity index (χ3v) is 6.53. The Labute approximate surface area is 136 Å². The smallest absolute Gasteiger partial charge is 0.240 e. The highest BCUT2D eigenvalue weighted by molar-refractivity contribution is 9.08. The van der Waals surface area contributed by atoms with Gasteiger partial charge in [-0.15, -0.1) is 0 Å². The van der Waals surface area contributed by atoms with Crippen LogP contribution in [0.15, 0.2) is 29.2 Å². The van der Waals surface area contributed by atoms with Gasteiger partial charge in [-0.1, -0.05) is 40.9 Å². The molecule has 4 nitrogen and oxygen atoms in total. The Hall–Kier alpha value is -0.430. The van der Waals surface area contributed by atoms with Crippen LogP contribution in [0.1, 0.15) is 31.2 Å². The van der Waals surface area contributed by atoms with Gasteiger partial charge in [-0.3, -0.25) is 0 Å². The molecule has 0 aromatic heterocycles. The van der Waals surface area contributed by atoms with Crippen LogP contribution in [-0.2, 0) is 15.4 Å². The first kappa shape index (κ1) is 16.9. The van der Waals surface area contributed by atoms with Crippen molar-refractivity contribution in [2.45, 2.75) is 41.4 Å². The molecule has 1 aliphatic rings. The summed E-state index contributed by atoms with van der Waals surface area (Å²) < 4.78 is 27.6. The molecule has 1 aromatic rings. The van der Waals surface area contributed by atoms with Crippen LogP contribution in [-0.4, -0.2) is 39.5 Å². The van der Waals surface area contributed by atoms with Gasteiger partial charge >= 0.3 is 0 Å². The van der Waals surface area contributed by atoms with Crippen molar-refractivity contribution in [3.8, 4) is 0 Å². The number of hydrogen-bond donors (Lipinski definition) is 1. The summed E-state index contributed by atoms with van der Waals surface area (Å²) in [5, 5.41) is 0.727. The van der Waals surface area contributed by atoms with Crippen molar-refractivity contribution in [1.29, 1.82) is 0 Å². The Morgan fingerprint density at radius 2 is 1.76 bits per heavy atom. The Morgan fingerprint density at radius 3 is 2.24 bits per heavy atom. The van der Waals surface area contributed by atoms with E-state index in [0.717, 1.165) is 23.7 Å². The zero-order valence-electron chi connectivity index (χ0n) is 12.6. The van der Waals surface area contributed by atoms with E-state index in [1.807, 2.05) is 26.2 Å². The molecule has 118 valence electrons. The minimum Gasteiger partial charge on any atom is -0.302 e. The summed E-state index contributed by atoms with van der Waals surface area (Å²) in [6, 6.07) is 6.99. The number of halogens is 1. The van der Waals surface area contributed by atoms with Crippen LogP contribution in [0.5, 0.6) is 0 Å². The van der Waals surface area contributed by atoms with E-state index in [4.69, 9.17) is 0 Å². The van der Waals surface area contributed by atoms with Crippen molar-refractivity contribution < 1.29 is 8.42 Å². The molecule has 0 spiro atoms. The largest absolute Gasteiger partial charge is 0.302 e. The minimum absolute atomic E-state index is 0.0388. The van der Waals surface area contributed by atoms with Crippen LogP contribution in [0.25, 0.3) is 0 Å². The summed E-state index contributed by atoms with van der Waals surface area (Å²) >= 11 is 3.36.